The van der Waals surface area contributed by atoms with Gasteiger partial charge in [-0.3, -0.25) is 14.4 Å². The Morgan fingerprint density at radius 2 is 1.47 bits per heavy atom. The van der Waals surface area contributed by atoms with Crippen molar-refractivity contribution in [1.82, 2.24) is 9.80 Å². The van der Waals surface area contributed by atoms with Gasteiger partial charge in [-0.1, -0.05) is 0 Å². The van der Waals surface area contributed by atoms with Crippen molar-refractivity contribution in [3.63, 3.8) is 0 Å². The summed E-state index contributed by atoms with van der Waals surface area (Å²) in [6, 6.07) is 13.7. The van der Waals surface area contributed by atoms with E-state index in [-0.39, 0.29) is 30.4 Å². The Morgan fingerprint density at radius 1 is 0.867 bits per heavy atom. The summed E-state index contributed by atoms with van der Waals surface area (Å²) in [7, 11) is 3.61. The molecule has 158 valence electrons. The number of piperazine rings is 1. The largest absolute Gasteiger partial charge is 0.497 e. The van der Waals surface area contributed by atoms with E-state index in [9.17, 15) is 14.4 Å². The number of carbonyl (C=O) groups is 3. The van der Waals surface area contributed by atoms with Crippen LogP contribution in [0.2, 0.25) is 0 Å². The molecule has 0 atom stereocenters. The molecular weight excluding hydrogens is 382 g/mol. The highest BCUT2D eigenvalue weighted by molar-refractivity contribution is 6.00. The molecule has 0 aromatic heterocycles. The zero-order valence-corrected chi connectivity index (χ0v) is 17.4. The first-order valence-electron chi connectivity index (χ1n) is 10.0. The number of ether oxygens (including phenoxy) is 1. The van der Waals surface area contributed by atoms with Crippen LogP contribution in [-0.4, -0.2) is 67.7 Å². The lowest BCUT2D eigenvalue weighted by Gasteiger charge is -2.32. The zero-order chi connectivity index (χ0) is 21.5. The summed E-state index contributed by atoms with van der Waals surface area (Å²) in [5, 5.41) is 2.78. The number of rotatable bonds is 7. The Bertz CT molecular complexity index is 886. The monoisotopic (exact) mass is 409 g/mol. The van der Waals surface area contributed by atoms with Crippen molar-refractivity contribution in [3.05, 3.63) is 59.7 Å². The molecular formula is C23H27N3O4. The van der Waals surface area contributed by atoms with E-state index in [1.165, 1.54) is 0 Å². The van der Waals surface area contributed by atoms with E-state index in [2.05, 4.69) is 10.2 Å². The Hall–Kier alpha value is -3.19. The van der Waals surface area contributed by atoms with E-state index >= 15 is 0 Å². The molecule has 2 amide bonds. The number of nitrogens with zero attached hydrogens (tertiary/aromatic N) is 2. The van der Waals surface area contributed by atoms with Gasteiger partial charge in [-0.25, -0.2) is 0 Å². The summed E-state index contributed by atoms with van der Waals surface area (Å²) >= 11 is 0. The molecule has 2 aromatic rings. The van der Waals surface area contributed by atoms with Gasteiger partial charge in [-0.2, -0.15) is 0 Å². The predicted molar refractivity (Wildman–Crippen MR) is 115 cm³/mol. The molecule has 3 rings (SSSR count). The molecule has 1 heterocycles. The minimum atomic E-state index is -0.241. The molecule has 0 unspecified atom stereocenters. The zero-order valence-electron chi connectivity index (χ0n) is 17.4. The topological polar surface area (TPSA) is 78.9 Å². The third kappa shape index (κ3) is 5.67. The average molecular weight is 409 g/mol. The Morgan fingerprint density at radius 3 is 2.07 bits per heavy atom. The minimum Gasteiger partial charge on any atom is -0.497 e. The minimum absolute atomic E-state index is 0.00562. The van der Waals surface area contributed by atoms with Crippen LogP contribution < -0.4 is 10.1 Å². The van der Waals surface area contributed by atoms with Crippen LogP contribution in [0, 0.1) is 0 Å². The molecule has 1 saturated heterocycles. The van der Waals surface area contributed by atoms with Crippen LogP contribution in [0.25, 0.3) is 0 Å². The number of amides is 2. The fourth-order valence-corrected chi connectivity index (χ4v) is 3.26. The fourth-order valence-electron chi connectivity index (χ4n) is 3.26. The number of likely N-dealkylation sites (N-methyl/N-ethyl adjacent to an activating group) is 1. The first kappa shape index (κ1) is 21.5. The van der Waals surface area contributed by atoms with Crippen LogP contribution in [0.5, 0.6) is 5.75 Å². The molecule has 0 saturated carbocycles. The van der Waals surface area contributed by atoms with Gasteiger partial charge in [0.25, 0.3) is 5.91 Å². The van der Waals surface area contributed by atoms with Gasteiger partial charge in [0.1, 0.15) is 5.75 Å². The second kappa shape index (κ2) is 10.0. The van der Waals surface area contributed by atoms with Crippen molar-refractivity contribution in [3.8, 4) is 5.75 Å². The van der Waals surface area contributed by atoms with Gasteiger partial charge in [0, 0.05) is 55.8 Å². The highest BCUT2D eigenvalue weighted by Crippen LogP contribution is 2.15. The molecule has 0 radical (unpaired) electrons. The summed E-state index contributed by atoms with van der Waals surface area (Å²) in [5.41, 5.74) is 1.76. The molecule has 1 aliphatic heterocycles. The van der Waals surface area contributed by atoms with E-state index in [1.807, 2.05) is 11.9 Å². The number of ketones is 1. The number of benzene rings is 2. The Kier molecular flexibility index (Phi) is 7.19. The van der Waals surface area contributed by atoms with Gasteiger partial charge in [0.2, 0.25) is 5.91 Å². The second-order valence-electron chi connectivity index (χ2n) is 7.37. The molecule has 7 nitrogen and oxygen atoms in total. The lowest BCUT2D eigenvalue weighted by Crippen LogP contribution is -2.47. The lowest BCUT2D eigenvalue weighted by molar-refractivity contribution is -0.116. The van der Waals surface area contributed by atoms with Crippen molar-refractivity contribution < 1.29 is 19.1 Å². The van der Waals surface area contributed by atoms with Crippen molar-refractivity contribution in [2.45, 2.75) is 12.8 Å². The third-order valence-electron chi connectivity index (χ3n) is 5.20. The summed E-state index contributed by atoms with van der Waals surface area (Å²) in [6.07, 6.45) is 0.213. The van der Waals surface area contributed by atoms with E-state index < -0.39 is 0 Å². The third-order valence-corrected chi connectivity index (χ3v) is 5.20. The predicted octanol–water partition coefficient (Wildman–Crippen LogP) is 2.68. The molecule has 7 heteroatoms. The van der Waals surface area contributed by atoms with Crippen molar-refractivity contribution in [1.29, 1.82) is 0 Å². The number of hydrogen-bond acceptors (Lipinski definition) is 5. The van der Waals surface area contributed by atoms with Gasteiger partial charge < -0.3 is 19.9 Å². The lowest BCUT2D eigenvalue weighted by atomic mass is 10.1. The fraction of sp³-hybridized carbons (Fsp3) is 0.348. The van der Waals surface area contributed by atoms with Gasteiger partial charge in [-0.05, 0) is 55.6 Å². The first-order chi connectivity index (χ1) is 14.5. The van der Waals surface area contributed by atoms with Crippen molar-refractivity contribution in [2.24, 2.45) is 0 Å². The smallest absolute Gasteiger partial charge is 0.253 e. The van der Waals surface area contributed by atoms with Crippen LogP contribution in [0.1, 0.15) is 33.6 Å². The Labute approximate surface area is 176 Å². The molecule has 2 aromatic carbocycles. The summed E-state index contributed by atoms with van der Waals surface area (Å²) in [4.78, 5) is 41.0. The van der Waals surface area contributed by atoms with Crippen molar-refractivity contribution in [2.75, 3.05) is 45.7 Å². The number of nitrogens with one attached hydrogen (secondary N) is 1. The number of Topliss-reactive ketones (excluding diaryl/α,β-unsaturated/α-hetero) is 1. The number of methoxy groups -OCH3 is 1. The van der Waals surface area contributed by atoms with E-state index in [0.717, 1.165) is 26.2 Å². The van der Waals surface area contributed by atoms with Crippen LogP contribution in [0.3, 0.4) is 0 Å². The molecule has 0 aliphatic carbocycles. The summed E-state index contributed by atoms with van der Waals surface area (Å²) < 4.78 is 5.07. The first-order valence-corrected chi connectivity index (χ1v) is 10.0. The van der Waals surface area contributed by atoms with Crippen molar-refractivity contribution >= 4 is 23.3 Å². The average Bonchev–Trinajstić information content (AvgIpc) is 2.78. The number of carbonyl (C=O) groups excluding carboxylic acids is 3. The standard InChI is InChI=1S/C23H27N3O4/c1-25-13-15-26(16-14-25)23(29)18-3-7-19(8-4-18)24-22(28)12-11-21(27)17-5-9-20(30-2)10-6-17/h3-10H,11-16H2,1-2H3,(H,24,28). The molecule has 0 spiro atoms. The maximum Gasteiger partial charge on any atom is 0.253 e. The number of anilines is 1. The van der Waals surface area contributed by atoms with Gasteiger partial charge in [0.15, 0.2) is 5.78 Å². The van der Waals surface area contributed by atoms with E-state index in [0.29, 0.717) is 22.6 Å². The normalized spacial score (nSPS) is 14.3. The quantitative estimate of drug-likeness (QED) is 0.712. The van der Waals surface area contributed by atoms with Crippen LogP contribution >= 0.6 is 0 Å². The van der Waals surface area contributed by atoms with Gasteiger partial charge in [-0.15, -0.1) is 0 Å². The highest BCUT2D eigenvalue weighted by atomic mass is 16.5. The second-order valence-corrected chi connectivity index (χ2v) is 7.37. The number of hydrogen-bond donors (Lipinski definition) is 1. The van der Waals surface area contributed by atoms with Gasteiger partial charge in [0.05, 0.1) is 7.11 Å². The maximum absolute atomic E-state index is 12.6. The van der Waals surface area contributed by atoms with Crippen LogP contribution in [0.4, 0.5) is 5.69 Å². The van der Waals surface area contributed by atoms with Crippen LogP contribution in [0.15, 0.2) is 48.5 Å². The molecule has 0 bridgehead atoms. The highest BCUT2D eigenvalue weighted by Gasteiger charge is 2.20. The molecule has 1 aliphatic rings. The summed E-state index contributed by atoms with van der Waals surface area (Å²) in [6.45, 7) is 3.18. The van der Waals surface area contributed by atoms with E-state index in [1.54, 1.807) is 55.6 Å². The maximum atomic E-state index is 12.6. The Balaban J connectivity index is 1.48. The van der Waals surface area contributed by atoms with E-state index in [4.69, 9.17) is 4.74 Å². The summed E-state index contributed by atoms with van der Waals surface area (Å²) in [5.74, 6) is 0.348. The van der Waals surface area contributed by atoms with Crippen LogP contribution in [-0.2, 0) is 4.79 Å². The molecule has 1 fully saturated rings. The molecule has 30 heavy (non-hydrogen) atoms. The molecule has 1 N–H and O–H groups in total. The van der Waals surface area contributed by atoms with Gasteiger partial charge >= 0.3 is 0 Å². The SMILES string of the molecule is COc1ccc(C(=O)CCC(=O)Nc2ccc(C(=O)N3CCN(C)CC3)cc2)cc1.